The number of benzene rings is 1. The molecule has 0 saturated heterocycles. The lowest BCUT2D eigenvalue weighted by Gasteiger charge is -2.24. The number of nitrogens with one attached hydrogen (secondary N) is 1. The van der Waals surface area contributed by atoms with Crippen LogP contribution in [0.1, 0.15) is 23.0 Å². The topological polar surface area (TPSA) is 71.2 Å². The van der Waals surface area contributed by atoms with Gasteiger partial charge in [0.25, 0.3) is 5.91 Å². The van der Waals surface area contributed by atoms with E-state index in [0.717, 1.165) is 17.9 Å². The van der Waals surface area contributed by atoms with Gasteiger partial charge in [-0.2, -0.15) is 0 Å². The molecule has 0 aliphatic carbocycles. The molecule has 1 amide bonds. The van der Waals surface area contributed by atoms with Crippen LogP contribution in [0.15, 0.2) is 42.6 Å². The van der Waals surface area contributed by atoms with E-state index in [1.807, 2.05) is 24.3 Å². The molecule has 0 atom stereocenters. The first-order chi connectivity index (χ1) is 10.2. The number of carbonyl (C=O) groups is 1. The maximum Gasteiger partial charge on any atom is 0.251 e. The molecule has 1 heterocycles. The molecule has 0 saturated carbocycles. The smallest absolute Gasteiger partial charge is 0.251 e. The summed E-state index contributed by atoms with van der Waals surface area (Å²) < 4.78 is 0. The van der Waals surface area contributed by atoms with Crippen LogP contribution in [0.25, 0.3) is 0 Å². The summed E-state index contributed by atoms with van der Waals surface area (Å²) in [7, 11) is 1.61. The number of nitrogens with two attached hydrogens (primary N) is 1. The molecule has 0 spiro atoms. The number of pyridine rings is 1. The number of rotatable bonds is 5. The SMILES string of the molecule is CCN(Cc1ccccn1)c1cc(C(=O)NC)ccc1N. The summed E-state index contributed by atoms with van der Waals surface area (Å²) in [5, 5.41) is 2.62. The first-order valence-corrected chi connectivity index (χ1v) is 6.92. The monoisotopic (exact) mass is 284 g/mol. The predicted octanol–water partition coefficient (Wildman–Crippen LogP) is 2.05. The van der Waals surface area contributed by atoms with Crippen molar-refractivity contribution in [2.24, 2.45) is 0 Å². The number of carbonyl (C=O) groups excluding carboxylic acids is 1. The summed E-state index contributed by atoms with van der Waals surface area (Å²) in [6.45, 7) is 3.48. The van der Waals surface area contributed by atoms with E-state index in [-0.39, 0.29) is 5.91 Å². The largest absolute Gasteiger partial charge is 0.397 e. The molecule has 1 aromatic carbocycles. The molecule has 0 bridgehead atoms. The maximum absolute atomic E-state index is 11.8. The molecule has 5 heteroatoms. The van der Waals surface area contributed by atoms with Gasteiger partial charge >= 0.3 is 0 Å². The standard InChI is InChI=1S/C16H20N4O/c1-3-20(11-13-6-4-5-9-19-13)15-10-12(16(21)18-2)7-8-14(15)17/h4-10H,3,11,17H2,1-2H3,(H,18,21). The van der Waals surface area contributed by atoms with E-state index in [1.165, 1.54) is 0 Å². The lowest BCUT2D eigenvalue weighted by molar-refractivity contribution is 0.0963. The van der Waals surface area contributed by atoms with Gasteiger partial charge in [-0.25, -0.2) is 0 Å². The van der Waals surface area contributed by atoms with Crippen LogP contribution in [0.4, 0.5) is 11.4 Å². The molecule has 0 radical (unpaired) electrons. The second-order valence-electron chi connectivity index (χ2n) is 4.69. The Morgan fingerprint density at radius 1 is 1.33 bits per heavy atom. The molecule has 1 aromatic heterocycles. The molecule has 0 aliphatic heterocycles. The van der Waals surface area contributed by atoms with Crippen LogP contribution in [0.5, 0.6) is 0 Å². The summed E-state index contributed by atoms with van der Waals surface area (Å²) >= 11 is 0. The third-order valence-electron chi connectivity index (χ3n) is 3.32. The van der Waals surface area contributed by atoms with Crippen molar-refractivity contribution in [3.8, 4) is 0 Å². The maximum atomic E-state index is 11.8. The van der Waals surface area contributed by atoms with Gasteiger partial charge in [0.05, 0.1) is 23.6 Å². The zero-order chi connectivity index (χ0) is 15.2. The fourth-order valence-corrected chi connectivity index (χ4v) is 2.16. The second kappa shape index (κ2) is 6.74. The van der Waals surface area contributed by atoms with E-state index in [2.05, 4.69) is 22.1 Å². The molecular formula is C16H20N4O. The van der Waals surface area contributed by atoms with Crippen molar-refractivity contribution in [1.29, 1.82) is 0 Å². The van der Waals surface area contributed by atoms with Gasteiger partial charge in [-0.3, -0.25) is 9.78 Å². The molecule has 3 N–H and O–H groups in total. The third-order valence-corrected chi connectivity index (χ3v) is 3.32. The lowest BCUT2D eigenvalue weighted by atomic mass is 10.1. The number of nitrogens with zero attached hydrogens (tertiary/aromatic N) is 2. The Bertz CT molecular complexity index is 613. The summed E-state index contributed by atoms with van der Waals surface area (Å²) in [4.78, 5) is 18.2. The average Bonchev–Trinajstić information content (AvgIpc) is 2.53. The zero-order valence-corrected chi connectivity index (χ0v) is 12.3. The van der Waals surface area contributed by atoms with Crippen molar-refractivity contribution in [2.45, 2.75) is 13.5 Å². The Morgan fingerprint density at radius 3 is 2.76 bits per heavy atom. The Balaban J connectivity index is 2.31. The van der Waals surface area contributed by atoms with E-state index < -0.39 is 0 Å². The number of nitrogen functional groups attached to an aromatic ring is 1. The Hall–Kier alpha value is -2.56. The fourth-order valence-electron chi connectivity index (χ4n) is 2.16. The Kier molecular flexibility index (Phi) is 4.77. The molecule has 110 valence electrons. The van der Waals surface area contributed by atoms with Gasteiger partial charge in [0, 0.05) is 25.4 Å². The van der Waals surface area contributed by atoms with Crippen molar-refractivity contribution < 1.29 is 4.79 Å². The van der Waals surface area contributed by atoms with Crippen molar-refractivity contribution in [3.05, 3.63) is 53.9 Å². The average molecular weight is 284 g/mol. The molecule has 5 nitrogen and oxygen atoms in total. The normalized spacial score (nSPS) is 10.2. The van der Waals surface area contributed by atoms with E-state index >= 15 is 0 Å². The summed E-state index contributed by atoms with van der Waals surface area (Å²) in [6, 6.07) is 11.1. The summed E-state index contributed by atoms with van der Waals surface area (Å²) in [6.07, 6.45) is 1.77. The number of amides is 1. The quantitative estimate of drug-likeness (QED) is 0.824. The zero-order valence-electron chi connectivity index (χ0n) is 12.3. The van der Waals surface area contributed by atoms with Crippen LogP contribution in [0, 0.1) is 0 Å². The van der Waals surface area contributed by atoms with Crippen LogP contribution >= 0.6 is 0 Å². The first kappa shape index (κ1) is 14.8. The van der Waals surface area contributed by atoms with Crippen molar-refractivity contribution in [1.82, 2.24) is 10.3 Å². The summed E-state index contributed by atoms with van der Waals surface area (Å²) in [5.74, 6) is -0.120. The third kappa shape index (κ3) is 3.51. The number of aromatic nitrogens is 1. The van der Waals surface area contributed by atoms with Gasteiger partial charge in [0.1, 0.15) is 0 Å². The van der Waals surface area contributed by atoms with Crippen molar-refractivity contribution in [3.63, 3.8) is 0 Å². The van der Waals surface area contributed by atoms with Crippen LogP contribution in [0.3, 0.4) is 0 Å². The molecule has 0 unspecified atom stereocenters. The highest BCUT2D eigenvalue weighted by atomic mass is 16.1. The van der Waals surface area contributed by atoms with Gasteiger partial charge in [0.15, 0.2) is 0 Å². The Morgan fingerprint density at radius 2 is 2.14 bits per heavy atom. The van der Waals surface area contributed by atoms with Crippen molar-refractivity contribution in [2.75, 3.05) is 24.2 Å². The van der Waals surface area contributed by atoms with Crippen LogP contribution in [0.2, 0.25) is 0 Å². The molecule has 0 fully saturated rings. The summed E-state index contributed by atoms with van der Waals surface area (Å²) in [5.41, 5.74) is 9.13. The van der Waals surface area contributed by atoms with E-state index in [4.69, 9.17) is 5.73 Å². The van der Waals surface area contributed by atoms with Crippen LogP contribution in [-0.2, 0) is 6.54 Å². The minimum absolute atomic E-state index is 0.120. The van der Waals surface area contributed by atoms with Gasteiger partial charge in [-0.05, 0) is 37.3 Å². The van der Waals surface area contributed by atoms with E-state index in [9.17, 15) is 4.79 Å². The van der Waals surface area contributed by atoms with Gasteiger partial charge < -0.3 is 16.0 Å². The molecular weight excluding hydrogens is 264 g/mol. The van der Waals surface area contributed by atoms with Gasteiger partial charge in [-0.1, -0.05) is 6.07 Å². The minimum Gasteiger partial charge on any atom is -0.397 e. The van der Waals surface area contributed by atoms with E-state index in [1.54, 1.807) is 25.4 Å². The second-order valence-corrected chi connectivity index (χ2v) is 4.69. The molecule has 2 rings (SSSR count). The van der Waals surface area contributed by atoms with Gasteiger partial charge in [-0.15, -0.1) is 0 Å². The number of hydrogen-bond acceptors (Lipinski definition) is 4. The highest BCUT2D eigenvalue weighted by Gasteiger charge is 2.12. The fraction of sp³-hybridized carbons (Fsp3) is 0.250. The van der Waals surface area contributed by atoms with E-state index in [0.29, 0.717) is 17.8 Å². The number of hydrogen-bond donors (Lipinski definition) is 2. The first-order valence-electron chi connectivity index (χ1n) is 6.92. The van der Waals surface area contributed by atoms with Crippen molar-refractivity contribution >= 4 is 17.3 Å². The molecule has 0 aliphatic rings. The highest BCUT2D eigenvalue weighted by Crippen LogP contribution is 2.25. The lowest BCUT2D eigenvalue weighted by Crippen LogP contribution is -2.25. The molecule has 2 aromatic rings. The van der Waals surface area contributed by atoms with Crippen LogP contribution < -0.4 is 16.0 Å². The number of anilines is 2. The van der Waals surface area contributed by atoms with Crippen LogP contribution in [-0.4, -0.2) is 24.5 Å². The highest BCUT2D eigenvalue weighted by molar-refractivity contribution is 5.96. The minimum atomic E-state index is -0.120. The molecule has 21 heavy (non-hydrogen) atoms. The Labute approximate surface area is 124 Å². The van der Waals surface area contributed by atoms with Gasteiger partial charge in [0.2, 0.25) is 0 Å². The predicted molar refractivity (Wildman–Crippen MR) is 85.2 cm³/mol.